The molecule has 0 aliphatic heterocycles. The Morgan fingerprint density at radius 1 is 0.750 bits per heavy atom. The van der Waals surface area contributed by atoms with E-state index in [2.05, 4.69) is 12.2 Å². The van der Waals surface area contributed by atoms with E-state index in [0.717, 1.165) is 25.7 Å². The highest BCUT2D eigenvalue weighted by Crippen LogP contribution is 2.18. The molecule has 0 saturated heterocycles. The van der Waals surface area contributed by atoms with Gasteiger partial charge in [-0.05, 0) is 75.4 Å². The third kappa shape index (κ3) is 7.80. The molecule has 2 aliphatic carbocycles. The van der Waals surface area contributed by atoms with Gasteiger partial charge in [-0.15, -0.1) is 0 Å². The first kappa shape index (κ1) is 18.8. The lowest BCUT2D eigenvalue weighted by molar-refractivity contribution is -0.145. The molecule has 0 bridgehead atoms. The number of hydrogen-bond donors (Lipinski definition) is 0. The van der Waals surface area contributed by atoms with Crippen LogP contribution >= 0.6 is 0 Å². The van der Waals surface area contributed by atoms with Crippen molar-refractivity contribution in [3.63, 3.8) is 0 Å². The van der Waals surface area contributed by atoms with Gasteiger partial charge in [0.2, 0.25) is 0 Å². The Morgan fingerprint density at radius 2 is 1.21 bits per heavy atom. The molecular weight excluding hydrogens is 304 g/mol. The van der Waals surface area contributed by atoms with Crippen molar-refractivity contribution in [3.8, 4) is 0 Å². The second-order valence-electron chi connectivity index (χ2n) is 6.74. The molecule has 4 heteroatoms. The van der Waals surface area contributed by atoms with Crippen molar-refractivity contribution in [1.82, 2.24) is 0 Å². The van der Waals surface area contributed by atoms with Crippen molar-refractivity contribution in [1.29, 1.82) is 0 Å². The van der Waals surface area contributed by atoms with Crippen LogP contribution in [0.15, 0.2) is 23.3 Å². The Bertz CT molecular complexity index is 432. The summed E-state index contributed by atoms with van der Waals surface area (Å²) in [5, 5.41) is 0. The van der Waals surface area contributed by atoms with Gasteiger partial charge in [-0.2, -0.15) is 0 Å². The van der Waals surface area contributed by atoms with Crippen LogP contribution in [0.3, 0.4) is 0 Å². The van der Waals surface area contributed by atoms with Crippen LogP contribution < -0.4 is 0 Å². The van der Waals surface area contributed by atoms with E-state index in [4.69, 9.17) is 9.47 Å². The first-order valence-corrected chi connectivity index (χ1v) is 9.41. The number of allylic oxidation sites excluding steroid dienone is 2. The van der Waals surface area contributed by atoms with Crippen molar-refractivity contribution in [2.24, 2.45) is 0 Å². The maximum atomic E-state index is 11.7. The van der Waals surface area contributed by atoms with Gasteiger partial charge in [0.15, 0.2) is 0 Å². The summed E-state index contributed by atoms with van der Waals surface area (Å²) in [6, 6.07) is 0. The van der Waals surface area contributed by atoms with Crippen molar-refractivity contribution in [3.05, 3.63) is 23.3 Å². The van der Waals surface area contributed by atoms with Gasteiger partial charge in [0.25, 0.3) is 0 Å². The minimum Gasteiger partial charge on any atom is -0.461 e. The fraction of sp³-hybridized carbons (Fsp3) is 0.700. The number of carbonyl (C=O) groups is 2. The highest BCUT2D eigenvalue weighted by Gasteiger charge is 2.10. The second kappa shape index (κ2) is 11.1. The molecule has 2 aliphatic rings. The molecular formula is C20H30O4. The molecule has 0 heterocycles. The van der Waals surface area contributed by atoms with E-state index >= 15 is 0 Å². The van der Waals surface area contributed by atoms with Gasteiger partial charge in [0.1, 0.15) is 13.2 Å². The lowest BCUT2D eigenvalue weighted by Gasteiger charge is -2.13. The quantitative estimate of drug-likeness (QED) is 0.350. The minimum atomic E-state index is -0.165. The van der Waals surface area contributed by atoms with Crippen molar-refractivity contribution in [2.45, 2.75) is 77.0 Å². The predicted octanol–water partition coefficient (Wildman–Crippen LogP) is 4.63. The first-order valence-electron chi connectivity index (χ1n) is 9.41. The molecule has 0 aromatic rings. The molecule has 0 atom stereocenters. The summed E-state index contributed by atoms with van der Waals surface area (Å²) >= 11 is 0. The van der Waals surface area contributed by atoms with E-state index in [1.165, 1.54) is 36.8 Å². The van der Waals surface area contributed by atoms with Crippen LogP contribution in [0.2, 0.25) is 0 Å². The number of ether oxygens (including phenoxy) is 2. The molecule has 4 nitrogen and oxygen atoms in total. The van der Waals surface area contributed by atoms with Gasteiger partial charge in [-0.25, -0.2) is 0 Å². The summed E-state index contributed by atoms with van der Waals surface area (Å²) in [7, 11) is 0. The average molecular weight is 334 g/mol. The molecule has 2 rings (SSSR count). The van der Waals surface area contributed by atoms with Crippen LogP contribution in [0.5, 0.6) is 0 Å². The molecule has 0 unspecified atom stereocenters. The highest BCUT2D eigenvalue weighted by molar-refractivity contribution is 5.70. The van der Waals surface area contributed by atoms with E-state index in [9.17, 15) is 9.59 Å². The highest BCUT2D eigenvalue weighted by atomic mass is 16.5. The zero-order chi connectivity index (χ0) is 17.0. The Balaban J connectivity index is 1.47. The molecule has 0 spiro atoms. The monoisotopic (exact) mass is 334 g/mol. The summed E-state index contributed by atoms with van der Waals surface area (Å²) in [6.07, 6.45) is 15.7. The Kier molecular flexibility index (Phi) is 8.64. The zero-order valence-corrected chi connectivity index (χ0v) is 14.7. The van der Waals surface area contributed by atoms with Gasteiger partial charge in [0, 0.05) is 12.8 Å². The smallest absolute Gasteiger partial charge is 0.306 e. The Hall–Kier alpha value is -1.58. The number of esters is 2. The lowest BCUT2D eigenvalue weighted by atomic mass is 10.0. The van der Waals surface area contributed by atoms with Crippen LogP contribution in [-0.2, 0) is 19.1 Å². The van der Waals surface area contributed by atoms with Gasteiger partial charge in [-0.3, -0.25) is 9.59 Å². The number of hydrogen-bond acceptors (Lipinski definition) is 4. The van der Waals surface area contributed by atoms with E-state index in [1.54, 1.807) is 0 Å². The predicted molar refractivity (Wildman–Crippen MR) is 93.5 cm³/mol. The summed E-state index contributed by atoms with van der Waals surface area (Å²) in [4.78, 5) is 23.4. The van der Waals surface area contributed by atoms with Crippen molar-refractivity contribution < 1.29 is 19.1 Å². The first-order chi connectivity index (χ1) is 11.7. The molecule has 24 heavy (non-hydrogen) atoms. The topological polar surface area (TPSA) is 52.6 Å². The number of rotatable bonds is 9. The summed E-state index contributed by atoms with van der Waals surface area (Å²) in [5.74, 6) is -0.329. The molecule has 0 N–H and O–H groups in total. The average Bonchev–Trinajstić information content (AvgIpc) is 2.63. The normalized spacial score (nSPS) is 17.7. The number of carbonyl (C=O) groups excluding carboxylic acids is 2. The molecule has 0 amide bonds. The van der Waals surface area contributed by atoms with Crippen LogP contribution in [0.4, 0.5) is 0 Å². The van der Waals surface area contributed by atoms with Crippen LogP contribution in [0.1, 0.15) is 77.0 Å². The fourth-order valence-electron chi connectivity index (χ4n) is 3.10. The van der Waals surface area contributed by atoms with Crippen LogP contribution in [-0.4, -0.2) is 25.2 Å². The standard InChI is InChI=1S/C20H30O4/c21-19(23-15-17-9-3-1-4-10-17)13-7-8-14-20(22)24-16-18-11-5-2-6-12-18/h9,11H,1-8,10,12-16H2. The molecule has 0 fully saturated rings. The third-order valence-electron chi connectivity index (χ3n) is 4.62. The fourth-order valence-corrected chi connectivity index (χ4v) is 3.10. The summed E-state index contributed by atoms with van der Waals surface area (Å²) in [5.41, 5.74) is 2.49. The third-order valence-corrected chi connectivity index (χ3v) is 4.62. The van der Waals surface area contributed by atoms with Gasteiger partial charge in [0.05, 0.1) is 0 Å². The van der Waals surface area contributed by atoms with Crippen molar-refractivity contribution >= 4 is 11.9 Å². The summed E-state index contributed by atoms with van der Waals surface area (Å²) < 4.78 is 10.6. The Morgan fingerprint density at radius 3 is 1.58 bits per heavy atom. The van der Waals surface area contributed by atoms with E-state index in [1.807, 2.05) is 0 Å². The molecule has 0 aromatic heterocycles. The molecule has 0 aromatic carbocycles. The largest absolute Gasteiger partial charge is 0.461 e. The maximum absolute atomic E-state index is 11.7. The van der Waals surface area contributed by atoms with E-state index < -0.39 is 0 Å². The summed E-state index contributed by atoms with van der Waals surface area (Å²) in [6.45, 7) is 0.881. The maximum Gasteiger partial charge on any atom is 0.306 e. The minimum absolute atomic E-state index is 0.165. The van der Waals surface area contributed by atoms with Crippen molar-refractivity contribution in [2.75, 3.05) is 13.2 Å². The van der Waals surface area contributed by atoms with Gasteiger partial charge < -0.3 is 9.47 Å². The molecule has 0 radical (unpaired) electrons. The molecule has 134 valence electrons. The zero-order valence-electron chi connectivity index (χ0n) is 14.7. The second-order valence-corrected chi connectivity index (χ2v) is 6.74. The van der Waals surface area contributed by atoms with Crippen LogP contribution in [0.25, 0.3) is 0 Å². The van der Waals surface area contributed by atoms with Gasteiger partial charge >= 0.3 is 11.9 Å². The SMILES string of the molecule is O=C(CCCCC(=O)OCC1=CCCCC1)OCC1=CCCCC1. The lowest BCUT2D eigenvalue weighted by Crippen LogP contribution is -2.10. The van der Waals surface area contributed by atoms with E-state index in [-0.39, 0.29) is 11.9 Å². The number of unbranched alkanes of at least 4 members (excludes halogenated alkanes) is 1. The molecule has 0 saturated carbocycles. The van der Waals surface area contributed by atoms with Gasteiger partial charge in [-0.1, -0.05) is 12.2 Å². The Labute approximate surface area is 145 Å². The van der Waals surface area contributed by atoms with E-state index in [0.29, 0.717) is 38.9 Å². The van der Waals surface area contributed by atoms with Crippen LogP contribution in [0, 0.1) is 0 Å².